The van der Waals surface area contributed by atoms with Crippen molar-refractivity contribution in [3.63, 3.8) is 0 Å². The molecule has 3 aromatic rings. The highest BCUT2D eigenvalue weighted by Gasteiger charge is 2.30. The number of hydrogen-bond acceptors (Lipinski definition) is 3. The van der Waals surface area contributed by atoms with E-state index in [1.807, 2.05) is 86.6 Å². The molecule has 0 radical (unpaired) electrons. The molecule has 1 N–H and O–H groups in total. The monoisotopic (exact) mass is 474 g/mol. The predicted octanol–water partition coefficient (Wildman–Crippen LogP) is 5.39. The van der Waals surface area contributed by atoms with Crippen molar-refractivity contribution in [2.24, 2.45) is 0 Å². The van der Waals surface area contributed by atoms with Crippen molar-refractivity contribution >= 4 is 23.6 Å². The zero-order valence-electron chi connectivity index (χ0n) is 20.2. The molecule has 0 spiro atoms. The molecule has 0 aliphatic rings. The van der Waals surface area contributed by atoms with E-state index in [1.165, 1.54) is 11.1 Å². The van der Waals surface area contributed by atoms with Crippen molar-refractivity contribution in [2.45, 2.75) is 51.6 Å². The Labute approximate surface area is 207 Å². The molecule has 4 nitrogen and oxygen atoms in total. The summed E-state index contributed by atoms with van der Waals surface area (Å²) in [4.78, 5) is 28.6. The van der Waals surface area contributed by atoms with Crippen molar-refractivity contribution in [3.05, 3.63) is 107 Å². The Kier molecular flexibility index (Phi) is 9.77. The van der Waals surface area contributed by atoms with Crippen molar-refractivity contribution < 1.29 is 9.59 Å². The van der Waals surface area contributed by atoms with Gasteiger partial charge in [0, 0.05) is 24.8 Å². The van der Waals surface area contributed by atoms with E-state index in [2.05, 4.69) is 24.4 Å². The number of hydrogen-bond donors (Lipinski definition) is 1. The quantitative estimate of drug-likeness (QED) is 0.405. The normalized spacial score (nSPS) is 11.8. The summed E-state index contributed by atoms with van der Waals surface area (Å²) in [7, 11) is 0. The molecule has 178 valence electrons. The molecule has 0 fully saturated rings. The fraction of sp³-hybridized carbons (Fsp3) is 0.310. The lowest BCUT2D eigenvalue weighted by Crippen LogP contribution is -2.52. The second-order valence-corrected chi connectivity index (χ2v) is 9.78. The largest absolute Gasteiger partial charge is 0.352 e. The van der Waals surface area contributed by atoms with Gasteiger partial charge >= 0.3 is 0 Å². The Morgan fingerprint density at radius 1 is 0.853 bits per heavy atom. The van der Waals surface area contributed by atoms with Crippen LogP contribution in [0.4, 0.5) is 0 Å². The number of carbonyl (C=O) groups is 2. The lowest BCUT2D eigenvalue weighted by Gasteiger charge is -2.32. The van der Waals surface area contributed by atoms with Gasteiger partial charge in [-0.15, -0.1) is 11.8 Å². The summed E-state index contributed by atoms with van der Waals surface area (Å²) in [6.45, 7) is 6.37. The lowest BCUT2D eigenvalue weighted by molar-refractivity contribution is -0.139. The maximum Gasteiger partial charge on any atom is 0.243 e. The van der Waals surface area contributed by atoms with E-state index in [1.54, 1.807) is 16.7 Å². The number of nitrogens with zero attached hydrogens (tertiary/aromatic N) is 1. The Hall–Kier alpha value is -3.05. The number of rotatable bonds is 11. The van der Waals surface area contributed by atoms with Crippen molar-refractivity contribution in [1.29, 1.82) is 0 Å². The van der Waals surface area contributed by atoms with Gasteiger partial charge in [0.15, 0.2) is 0 Å². The van der Waals surface area contributed by atoms with Crippen LogP contribution in [-0.2, 0) is 28.3 Å². The van der Waals surface area contributed by atoms with Gasteiger partial charge in [-0.25, -0.2) is 0 Å². The molecular weight excluding hydrogens is 440 g/mol. The third kappa shape index (κ3) is 7.77. The summed E-state index contributed by atoms with van der Waals surface area (Å²) >= 11 is 1.59. The van der Waals surface area contributed by atoms with Crippen LogP contribution >= 0.6 is 11.8 Å². The fourth-order valence-electron chi connectivity index (χ4n) is 3.82. The molecule has 1 atom stereocenters. The minimum Gasteiger partial charge on any atom is -0.352 e. The number of carbonyl (C=O) groups excluding carboxylic acids is 2. The highest BCUT2D eigenvalue weighted by Crippen LogP contribution is 2.20. The van der Waals surface area contributed by atoms with E-state index in [-0.39, 0.29) is 17.9 Å². The Morgan fingerprint density at radius 2 is 1.44 bits per heavy atom. The third-order valence-electron chi connectivity index (χ3n) is 5.64. The molecule has 0 aliphatic heterocycles. The van der Waals surface area contributed by atoms with Crippen LogP contribution in [0.3, 0.4) is 0 Å². The van der Waals surface area contributed by atoms with Crippen LogP contribution in [0.2, 0.25) is 0 Å². The summed E-state index contributed by atoms with van der Waals surface area (Å²) in [6, 6.07) is 27.4. The second-order valence-electron chi connectivity index (χ2n) is 8.80. The fourth-order valence-corrected chi connectivity index (χ4v) is 4.80. The number of amides is 2. The molecule has 0 heterocycles. The van der Waals surface area contributed by atoms with Gasteiger partial charge in [0.25, 0.3) is 0 Å². The van der Waals surface area contributed by atoms with Gasteiger partial charge in [0.05, 0.1) is 5.75 Å². The standard InChI is InChI=1S/C29H34N2O2S/c1-22(2)30-29(33)27(18-24-13-6-4-7-14-24)31(19-25-15-8-5-9-16-25)28(32)21-34-20-26-17-11-10-12-23(26)3/h4-17,22,27H,18-21H2,1-3H3,(H,30,33)/t27-/m0/s1. The molecule has 3 aromatic carbocycles. The smallest absolute Gasteiger partial charge is 0.243 e. The van der Waals surface area contributed by atoms with Crippen LogP contribution in [0.25, 0.3) is 0 Å². The van der Waals surface area contributed by atoms with Crippen LogP contribution in [-0.4, -0.2) is 34.6 Å². The van der Waals surface area contributed by atoms with E-state index in [9.17, 15) is 9.59 Å². The zero-order valence-corrected chi connectivity index (χ0v) is 21.1. The van der Waals surface area contributed by atoms with Crippen LogP contribution in [0.15, 0.2) is 84.9 Å². The van der Waals surface area contributed by atoms with Gasteiger partial charge in [0.1, 0.15) is 6.04 Å². The summed E-state index contributed by atoms with van der Waals surface area (Å²) in [5, 5.41) is 3.03. The highest BCUT2D eigenvalue weighted by molar-refractivity contribution is 7.99. The van der Waals surface area contributed by atoms with Gasteiger partial charge in [-0.3, -0.25) is 9.59 Å². The SMILES string of the molecule is Cc1ccccc1CSCC(=O)N(Cc1ccccc1)[C@@H](Cc1ccccc1)C(=O)NC(C)C. The van der Waals surface area contributed by atoms with Crippen LogP contribution in [0.5, 0.6) is 0 Å². The number of aryl methyl sites for hydroxylation is 1. The summed E-state index contributed by atoms with van der Waals surface area (Å²) < 4.78 is 0. The average molecular weight is 475 g/mol. The first-order valence-corrected chi connectivity index (χ1v) is 12.9. The van der Waals surface area contributed by atoms with Crippen molar-refractivity contribution in [1.82, 2.24) is 10.2 Å². The first-order chi connectivity index (χ1) is 16.4. The molecule has 0 saturated heterocycles. The summed E-state index contributed by atoms with van der Waals surface area (Å²) in [5.41, 5.74) is 4.50. The third-order valence-corrected chi connectivity index (χ3v) is 6.61. The second kappa shape index (κ2) is 13.0. The number of benzene rings is 3. The molecule has 2 amide bonds. The molecule has 0 saturated carbocycles. The molecule has 3 rings (SSSR count). The van der Waals surface area contributed by atoms with Crippen LogP contribution in [0, 0.1) is 6.92 Å². The topological polar surface area (TPSA) is 49.4 Å². The minimum atomic E-state index is -0.587. The Morgan fingerprint density at radius 3 is 2.06 bits per heavy atom. The molecule has 0 aliphatic carbocycles. The molecule has 0 unspecified atom stereocenters. The van der Waals surface area contributed by atoms with Crippen LogP contribution < -0.4 is 5.32 Å². The molecular formula is C29H34N2O2S. The average Bonchev–Trinajstić information content (AvgIpc) is 2.83. The summed E-state index contributed by atoms with van der Waals surface area (Å²) in [6.07, 6.45) is 0.473. The van der Waals surface area contributed by atoms with E-state index in [0.717, 1.165) is 16.9 Å². The zero-order chi connectivity index (χ0) is 24.3. The molecule has 5 heteroatoms. The van der Waals surface area contributed by atoms with E-state index in [4.69, 9.17) is 0 Å². The Bertz CT molecular complexity index is 1050. The molecule has 0 aromatic heterocycles. The van der Waals surface area contributed by atoms with Crippen molar-refractivity contribution in [3.8, 4) is 0 Å². The van der Waals surface area contributed by atoms with Gasteiger partial charge in [-0.05, 0) is 43.0 Å². The minimum absolute atomic E-state index is 0.00474. The number of thioether (sulfide) groups is 1. The number of nitrogens with one attached hydrogen (secondary N) is 1. The molecule has 34 heavy (non-hydrogen) atoms. The van der Waals surface area contributed by atoms with Gasteiger partial charge < -0.3 is 10.2 Å². The first kappa shape index (κ1) is 25.6. The van der Waals surface area contributed by atoms with Gasteiger partial charge in [-0.2, -0.15) is 0 Å². The van der Waals surface area contributed by atoms with E-state index < -0.39 is 6.04 Å². The maximum absolute atomic E-state index is 13.6. The van der Waals surface area contributed by atoms with E-state index in [0.29, 0.717) is 18.7 Å². The first-order valence-electron chi connectivity index (χ1n) is 11.7. The van der Waals surface area contributed by atoms with E-state index >= 15 is 0 Å². The Balaban J connectivity index is 1.83. The maximum atomic E-state index is 13.6. The predicted molar refractivity (Wildman–Crippen MR) is 142 cm³/mol. The van der Waals surface area contributed by atoms with Crippen molar-refractivity contribution in [2.75, 3.05) is 5.75 Å². The van der Waals surface area contributed by atoms with Crippen LogP contribution in [0.1, 0.15) is 36.1 Å². The van der Waals surface area contributed by atoms with Gasteiger partial charge in [-0.1, -0.05) is 84.9 Å². The highest BCUT2D eigenvalue weighted by atomic mass is 32.2. The molecule has 0 bridgehead atoms. The lowest BCUT2D eigenvalue weighted by atomic mass is 10.0. The summed E-state index contributed by atoms with van der Waals surface area (Å²) in [5.74, 6) is 0.940. The van der Waals surface area contributed by atoms with Gasteiger partial charge in [0.2, 0.25) is 11.8 Å².